The molecule has 0 N–H and O–H groups in total. The van der Waals surface area contributed by atoms with Crippen LogP contribution in [0.2, 0.25) is 0 Å². The molecule has 0 spiro atoms. The van der Waals surface area contributed by atoms with Gasteiger partial charge in [0, 0.05) is 20.6 Å². The van der Waals surface area contributed by atoms with Crippen LogP contribution in [0, 0.1) is 0 Å². The van der Waals surface area contributed by atoms with Gasteiger partial charge in [-0.1, -0.05) is 36.0 Å². The second-order valence-electron chi connectivity index (χ2n) is 7.13. The highest BCUT2D eigenvalue weighted by Crippen LogP contribution is 2.42. The van der Waals surface area contributed by atoms with Gasteiger partial charge < -0.3 is 9.47 Å². The summed E-state index contributed by atoms with van der Waals surface area (Å²) in [6.07, 6.45) is 0. The van der Waals surface area contributed by atoms with Gasteiger partial charge in [-0.15, -0.1) is 0 Å². The number of ether oxygens (including phenoxy) is 2. The molecule has 0 atom stereocenters. The molecule has 0 bridgehead atoms. The minimum absolute atomic E-state index is 0.347. The summed E-state index contributed by atoms with van der Waals surface area (Å²) in [6.45, 7) is 0. The zero-order valence-electron chi connectivity index (χ0n) is 15.6. The molecule has 6 nitrogen and oxygen atoms in total. The van der Waals surface area contributed by atoms with Gasteiger partial charge in [-0.05, 0) is 47.2 Å². The highest BCUT2D eigenvalue weighted by molar-refractivity contribution is 7.99. The topological polar surface area (TPSA) is 86.7 Å². The molecular weight excluding hydrogens is 416 g/mol. The van der Waals surface area contributed by atoms with Gasteiger partial charge >= 0.3 is 23.9 Å². The molecule has 2 aliphatic heterocycles. The average Bonchev–Trinajstić information content (AvgIpc) is 2.77. The Hall–Kier alpha value is -3.97. The Morgan fingerprint density at radius 3 is 1.29 bits per heavy atom. The molecule has 0 saturated carbocycles. The van der Waals surface area contributed by atoms with E-state index in [0.717, 1.165) is 20.6 Å². The molecule has 4 aromatic carbocycles. The number of hydrogen-bond acceptors (Lipinski definition) is 7. The zero-order chi connectivity index (χ0) is 21.3. The van der Waals surface area contributed by atoms with Crippen LogP contribution in [0.4, 0.5) is 0 Å². The third kappa shape index (κ3) is 2.47. The van der Waals surface area contributed by atoms with E-state index in [1.54, 1.807) is 48.5 Å². The molecule has 4 aromatic rings. The molecule has 2 aliphatic rings. The fraction of sp³-hybridized carbons (Fsp3) is 0. The molecule has 0 aromatic heterocycles. The minimum atomic E-state index is -0.663. The zero-order valence-corrected chi connectivity index (χ0v) is 16.4. The molecular formula is C24H10O6S. The van der Waals surface area contributed by atoms with Gasteiger partial charge in [0.2, 0.25) is 0 Å². The van der Waals surface area contributed by atoms with Crippen LogP contribution in [0.3, 0.4) is 0 Å². The van der Waals surface area contributed by atoms with Crippen LogP contribution in [0.1, 0.15) is 41.4 Å². The van der Waals surface area contributed by atoms with E-state index < -0.39 is 23.9 Å². The average molecular weight is 426 g/mol. The second-order valence-corrected chi connectivity index (χ2v) is 8.22. The highest BCUT2D eigenvalue weighted by Gasteiger charge is 2.30. The maximum Gasteiger partial charge on any atom is 0.346 e. The lowest BCUT2D eigenvalue weighted by molar-refractivity contribution is 0.0373. The fourth-order valence-corrected chi connectivity index (χ4v) is 5.19. The van der Waals surface area contributed by atoms with Crippen LogP contribution >= 0.6 is 11.8 Å². The lowest BCUT2D eigenvalue weighted by Crippen LogP contribution is -2.19. The summed E-state index contributed by atoms with van der Waals surface area (Å²) in [5.74, 6) is -2.65. The van der Waals surface area contributed by atoms with Crippen LogP contribution in [-0.4, -0.2) is 23.9 Å². The Labute approximate surface area is 178 Å². The lowest BCUT2D eigenvalue weighted by atomic mass is 9.97. The number of hydrogen-bond donors (Lipinski definition) is 0. The van der Waals surface area contributed by atoms with Crippen molar-refractivity contribution in [3.8, 4) is 0 Å². The summed E-state index contributed by atoms with van der Waals surface area (Å²) in [5, 5.41) is 2.63. The summed E-state index contributed by atoms with van der Waals surface area (Å²) < 4.78 is 9.65. The highest BCUT2D eigenvalue weighted by atomic mass is 32.2. The normalized spacial score (nSPS) is 14.7. The molecule has 31 heavy (non-hydrogen) atoms. The maximum atomic E-state index is 12.2. The smallest absolute Gasteiger partial charge is 0.346 e. The predicted molar refractivity (Wildman–Crippen MR) is 112 cm³/mol. The molecule has 0 radical (unpaired) electrons. The van der Waals surface area contributed by atoms with Crippen LogP contribution in [0.5, 0.6) is 0 Å². The molecule has 148 valence electrons. The van der Waals surface area contributed by atoms with Crippen LogP contribution in [0.15, 0.2) is 70.5 Å². The van der Waals surface area contributed by atoms with Crippen molar-refractivity contribution < 1.29 is 28.7 Å². The van der Waals surface area contributed by atoms with Gasteiger partial charge in [0.1, 0.15) is 0 Å². The molecule has 0 aliphatic carbocycles. The van der Waals surface area contributed by atoms with Gasteiger partial charge in [0.05, 0.1) is 22.3 Å². The number of rotatable bonds is 2. The van der Waals surface area contributed by atoms with Gasteiger partial charge in [-0.3, -0.25) is 0 Å². The number of carbonyl (C=O) groups excluding carboxylic acids is 4. The lowest BCUT2D eigenvalue weighted by Gasteiger charge is -2.19. The summed E-state index contributed by atoms with van der Waals surface area (Å²) >= 11 is 1.43. The second kappa shape index (κ2) is 6.26. The van der Waals surface area contributed by atoms with E-state index in [2.05, 4.69) is 0 Å². The van der Waals surface area contributed by atoms with Crippen molar-refractivity contribution in [1.82, 2.24) is 0 Å². The van der Waals surface area contributed by atoms with E-state index >= 15 is 0 Å². The summed E-state index contributed by atoms with van der Waals surface area (Å²) in [7, 11) is 0. The number of cyclic esters (lactones) is 4. The number of esters is 4. The van der Waals surface area contributed by atoms with Gasteiger partial charge in [-0.2, -0.15) is 0 Å². The minimum Gasteiger partial charge on any atom is -0.386 e. The van der Waals surface area contributed by atoms with Crippen LogP contribution in [-0.2, 0) is 9.47 Å². The molecule has 0 fully saturated rings. The van der Waals surface area contributed by atoms with Crippen molar-refractivity contribution in [1.29, 1.82) is 0 Å². The van der Waals surface area contributed by atoms with Crippen molar-refractivity contribution in [3.05, 3.63) is 82.9 Å². The van der Waals surface area contributed by atoms with Crippen LogP contribution < -0.4 is 0 Å². The Morgan fingerprint density at radius 2 is 0.871 bits per heavy atom. The van der Waals surface area contributed by atoms with Crippen molar-refractivity contribution >= 4 is 57.2 Å². The molecule has 2 heterocycles. The monoisotopic (exact) mass is 426 g/mol. The molecule has 0 unspecified atom stereocenters. The van der Waals surface area contributed by atoms with E-state index in [1.165, 1.54) is 11.8 Å². The first-order chi connectivity index (χ1) is 15.0. The van der Waals surface area contributed by atoms with Gasteiger partial charge in [-0.25, -0.2) is 19.2 Å². The predicted octanol–water partition coefficient (Wildman–Crippen LogP) is 4.77. The standard InChI is InChI=1S/C24H10O6S/c25-21-13-5-1-3-11-17(9-7-15(19(11)13)23(27)29-21)31-18-10-8-16-20-12(18)4-2-6-14(20)22(26)30-24(16)28/h1-10H. The van der Waals surface area contributed by atoms with E-state index in [-0.39, 0.29) is 0 Å². The van der Waals surface area contributed by atoms with E-state index in [0.29, 0.717) is 33.0 Å². The van der Waals surface area contributed by atoms with E-state index in [1.807, 2.05) is 12.1 Å². The van der Waals surface area contributed by atoms with Crippen molar-refractivity contribution in [2.45, 2.75) is 9.79 Å². The molecule has 0 saturated heterocycles. The first-order valence-corrected chi connectivity index (χ1v) is 10.2. The Bertz CT molecular complexity index is 1380. The first-order valence-electron chi connectivity index (χ1n) is 9.35. The van der Waals surface area contributed by atoms with Crippen LogP contribution in [0.25, 0.3) is 21.5 Å². The van der Waals surface area contributed by atoms with E-state index in [9.17, 15) is 19.2 Å². The SMILES string of the molecule is O=C1OC(=O)c2ccc(Sc3ccc4c5c(cccc35)C(=O)OC4=O)c3cccc1c23. The first kappa shape index (κ1) is 17.9. The van der Waals surface area contributed by atoms with Crippen molar-refractivity contribution in [2.75, 3.05) is 0 Å². The molecule has 7 heteroatoms. The van der Waals surface area contributed by atoms with Gasteiger partial charge in [0.15, 0.2) is 0 Å². The van der Waals surface area contributed by atoms with E-state index in [4.69, 9.17) is 9.47 Å². The quantitative estimate of drug-likeness (QED) is 0.337. The van der Waals surface area contributed by atoms with Crippen molar-refractivity contribution in [2.24, 2.45) is 0 Å². The van der Waals surface area contributed by atoms with Crippen molar-refractivity contribution in [3.63, 3.8) is 0 Å². The molecule has 0 amide bonds. The third-order valence-corrected chi connectivity index (χ3v) is 6.62. The molecule has 6 rings (SSSR count). The summed E-state index contributed by atoms with van der Waals surface area (Å²) in [4.78, 5) is 50.4. The summed E-state index contributed by atoms with van der Waals surface area (Å²) in [5.41, 5.74) is 1.39. The Balaban J connectivity index is 1.57. The fourth-order valence-electron chi connectivity index (χ4n) is 4.13. The number of carbonyl (C=O) groups is 4. The third-order valence-electron chi connectivity index (χ3n) is 5.47. The number of benzene rings is 4. The largest absolute Gasteiger partial charge is 0.386 e. The van der Waals surface area contributed by atoms with Gasteiger partial charge in [0.25, 0.3) is 0 Å². The Kier molecular flexibility index (Phi) is 3.61. The maximum absolute atomic E-state index is 12.2. The Morgan fingerprint density at radius 1 is 0.484 bits per heavy atom. The summed E-state index contributed by atoms with van der Waals surface area (Å²) in [6, 6.07) is 17.4.